The number of nitrogens with zero attached hydrogens (tertiary/aromatic N) is 4. The van der Waals surface area contributed by atoms with E-state index in [1.807, 2.05) is 60.7 Å². The van der Waals surface area contributed by atoms with Crippen molar-refractivity contribution >= 4 is 82.5 Å². The predicted molar refractivity (Wildman–Crippen MR) is 241 cm³/mol. The molecule has 0 atom stereocenters. The number of nitrogens with one attached hydrogen (secondary N) is 1. The van der Waals surface area contributed by atoms with Crippen LogP contribution in [0.3, 0.4) is 0 Å². The molecule has 2 heterocycles. The van der Waals surface area contributed by atoms with Crippen molar-refractivity contribution in [2.75, 3.05) is 25.1 Å². The summed E-state index contributed by atoms with van der Waals surface area (Å²) in [6.07, 6.45) is 2.66. The van der Waals surface area contributed by atoms with E-state index in [1.165, 1.54) is 43.0 Å². The molecule has 0 bridgehead atoms. The van der Waals surface area contributed by atoms with Crippen molar-refractivity contribution in [3.05, 3.63) is 171 Å². The lowest BCUT2D eigenvalue weighted by Crippen LogP contribution is -2.01. The summed E-state index contributed by atoms with van der Waals surface area (Å²) in [5.41, 5.74) is 8.44. The fraction of sp³-hybridized carbons (Fsp3) is 0.111. The lowest BCUT2D eigenvalue weighted by Gasteiger charge is -2.14. The summed E-state index contributed by atoms with van der Waals surface area (Å²) in [5.74, 6) is -0.00889. The first kappa shape index (κ1) is 36.9. The molecule has 8 aromatic rings. The number of hydrogen-bond acceptors (Lipinski definition) is 10. The molecule has 308 valence electrons. The summed E-state index contributed by atoms with van der Waals surface area (Å²) in [5, 5.41) is 4.08. The highest BCUT2D eigenvalue weighted by Gasteiger charge is 2.14. The third-order valence-corrected chi connectivity index (χ3v) is 9.48. The van der Waals surface area contributed by atoms with Gasteiger partial charge >= 0.3 is 0 Å². The van der Waals surface area contributed by atoms with Gasteiger partial charge in [-0.15, -0.1) is 0 Å². The van der Waals surface area contributed by atoms with Crippen LogP contribution in [0.15, 0.2) is 143 Å². The largest absolute Gasteiger partial charge is 0.493 e. The second-order valence-corrected chi connectivity index (χ2v) is 14.4. The van der Waals surface area contributed by atoms with Gasteiger partial charge in [0.25, 0.3) is 0 Å². The second-order valence-electron chi connectivity index (χ2n) is 12.2. The van der Waals surface area contributed by atoms with Gasteiger partial charge in [0.05, 0.1) is 44.7 Å². The van der Waals surface area contributed by atoms with Gasteiger partial charge in [0.1, 0.15) is 48.5 Å². The molecule has 0 fully saturated rings. The number of ether oxygens (including phenoxy) is 4. The molecule has 8 rings (SSSR count). The average molecular weight is 967 g/mol. The molecule has 15 heteroatoms. The van der Waals surface area contributed by atoms with E-state index in [0.717, 1.165) is 11.1 Å². The Labute approximate surface area is 376 Å². The normalized spacial score (nSPS) is 12.2. The molecule has 0 aliphatic heterocycles. The molecule has 0 amide bonds. The number of aromatic nitrogens is 4. The molecular weight excluding hydrogens is 922 g/mol. The quantitative estimate of drug-likeness (QED) is 0.101. The van der Waals surface area contributed by atoms with E-state index in [9.17, 15) is 8.78 Å². The van der Waals surface area contributed by atoms with E-state index in [4.69, 9.17) is 44.5 Å². The number of benzene rings is 6. The topological polar surface area (TPSA) is 127 Å². The van der Waals surface area contributed by atoms with Gasteiger partial charge in [0.2, 0.25) is 0 Å². The van der Waals surface area contributed by atoms with Crippen molar-refractivity contribution in [2.24, 2.45) is 0 Å². The average Bonchev–Trinajstić information content (AvgIpc) is 3.25. The summed E-state index contributed by atoms with van der Waals surface area (Å²) in [6, 6.07) is 34.2. The number of nitrogen functional groups attached to an aromatic ring is 1. The molecule has 60 heavy (non-hydrogen) atoms. The summed E-state index contributed by atoms with van der Waals surface area (Å²) in [7, 11) is -5.31. The Balaban J connectivity index is 0.000000211. The van der Waals surface area contributed by atoms with Gasteiger partial charge in [-0.25, -0.2) is 28.7 Å². The fourth-order valence-electron chi connectivity index (χ4n) is 5.27. The lowest BCUT2D eigenvalue weighted by atomic mass is 10.2. The maximum Gasteiger partial charge on any atom is 0.163 e. The maximum absolute atomic E-state index is 14.3. The minimum Gasteiger partial charge on any atom is -0.493 e. The van der Waals surface area contributed by atoms with E-state index >= 15 is 0 Å². The van der Waals surface area contributed by atoms with Gasteiger partial charge < -0.3 is 30.0 Å². The Bertz CT molecular complexity index is 2900. The number of fused-ring (bicyclic) bond motifs is 2. The lowest BCUT2D eigenvalue weighted by molar-refractivity contribution is 0.285. The van der Waals surface area contributed by atoms with Crippen molar-refractivity contribution in [1.29, 1.82) is 0 Å². The molecule has 10 nitrogen and oxygen atoms in total. The van der Waals surface area contributed by atoms with Crippen molar-refractivity contribution in [3.8, 4) is 23.0 Å². The summed E-state index contributed by atoms with van der Waals surface area (Å²) in [4.78, 5) is 16.4. The fourth-order valence-corrected chi connectivity index (χ4v) is 6.13. The van der Waals surface area contributed by atoms with Crippen LogP contribution in [0.25, 0.3) is 21.8 Å². The zero-order valence-corrected chi connectivity index (χ0v) is 34.4. The van der Waals surface area contributed by atoms with E-state index in [1.54, 1.807) is 30.3 Å². The third-order valence-electron chi connectivity index (χ3n) is 8.19. The Morgan fingerprint density at radius 1 is 0.633 bits per heavy atom. The van der Waals surface area contributed by atoms with Crippen molar-refractivity contribution in [1.82, 2.24) is 19.9 Å². The summed E-state index contributed by atoms with van der Waals surface area (Å²) in [6.45, 7) is 0.479. The molecule has 0 unspecified atom stereocenters. The number of rotatable bonds is 10. The van der Waals surface area contributed by atoms with Crippen LogP contribution in [0.4, 0.5) is 26.0 Å². The van der Waals surface area contributed by atoms with Crippen LogP contribution in [0.1, 0.15) is 26.8 Å². The number of anilines is 3. The number of methoxy groups -OCH3 is 2. The Morgan fingerprint density at radius 3 is 1.68 bits per heavy atom. The maximum atomic E-state index is 14.3. The van der Waals surface area contributed by atoms with Crippen LogP contribution in [0, 0.1) is 11.6 Å². The van der Waals surface area contributed by atoms with Crippen LogP contribution >= 0.6 is 43.5 Å². The SMILES string of the molecule is C.Nc1ccc(Br)cc1F.[2H]C([2H])([2H])Oc1cc2c(Cl)ncnc2cc1OCc1ccccc1.[2H]C([2H])([2H])Oc1cc2c(Nc3ccc(Br)cc3F)ncnc2cc1OCc1ccccc1. The number of nitrogens with two attached hydrogens (primary N) is 1. The van der Waals surface area contributed by atoms with Crippen molar-refractivity contribution in [2.45, 2.75) is 20.6 Å². The Hall–Kier alpha value is -6.09. The van der Waals surface area contributed by atoms with Crippen molar-refractivity contribution < 1.29 is 36.0 Å². The molecule has 0 saturated carbocycles. The van der Waals surface area contributed by atoms with Crippen LogP contribution in [0.5, 0.6) is 23.0 Å². The predicted octanol–water partition coefficient (Wildman–Crippen LogP) is 12.5. The minimum absolute atomic E-state index is 0. The van der Waals surface area contributed by atoms with Gasteiger partial charge in [-0.1, -0.05) is 112 Å². The van der Waals surface area contributed by atoms with Gasteiger partial charge in [0.15, 0.2) is 23.0 Å². The van der Waals surface area contributed by atoms with Crippen LogP contribution in [0.2, 0.25) is 5.15 Å². The molecule has 6 aromatic carbocycles. The molecule has 0 saturated heterocycles. The number of hydrogen-bond donors (Lipinski definition) is 2. The molecule has 2 aromatic heterocycles. The molecule has 0 spiro atoms. The highest BCUT2D eigenvalue weighted by atomic mass is 79.9. The Morgan fingerprint density at radius 2 is 1.15 bits per heavy atom. The number of halogens is 5. The summed E-state index contributed by atoms with van der Waals surface area (Å²) >= 11 is 12.4. The highest BCUT2D eigenvalue weighted by molar-refractivity contribution is 9.10. The molecule has 0 radical (unpaired) electrons. The van der Waals surface area contributed by atoms with Gasteiger partial charge in [-0.3, -0.25) is 0 Å². The van der Waals surface area contributed by atoms with Crippen LogP contribution < -0.4 is 30.0 Å². The van der Waals surface area contributed by atoms with Crippen LogP contribution in [-0.2, 0) is 13.2 Å². The third kappa shape index (κ3) is 12.0. The highest BCUT2D eigenvalue weighted by Crippen LogP contribution is 2.36. The second kappa shape index (κ2) is 21.8. The first-order valence-corrected chi connectivity index (χ1v) is 19.2. The minimum atomic E-state index is -2.69. The van der Waals surface area contributed by atoms with E-state index in [-0.39, 0.29) is 66.0 Å². The molecule has 0 aliphatic rings. The van der Waals surface area contributed by atoms with Gasteiger partial charge in [0, 0.05) is 31.9 Å². The summed E-state index contributed by atoms with van der Waals surface area (Å²) < 4.78 is 94.3. The van der Waals surface area contributed by atoms with Crippen LogP contribution in [-0.4, -0.2) is 34.0 Å². The molecule has 0 aliphatic carbocycles. The molecular formula is C45H39Br2ClF2N6O4. The monoisotopic (exact) mass is 964 g/mol. The van der Waals surface area contributed by atoms with E-state index < -0.39 is 19.9 Å². The standard InChI is InChI=1S/C22H17BrFN3O2.C16H13ClN2O2.C6H5BrFN.CH4/c1-28-20-10-16-19(11-21(20)29-12-14-5-3-2-4-6-14)25-13-26-22(16)27-18-8-7-15(23)9-17(18)24;1-20-14-7-12-13(18-10-19-16(12)17)8-15(14)21-9-11-5-3-2-4-6-11;7-4-1-2-6(9)5(8)3-4;/h2-11,13H,12H2,1H3,(H,25,26,27);2-8,10H,9H2,1H3;1-3H,9H2;1H4/i2*1D3;;. The zero-order valence-electron chi connectivity index (χ0n) is 36.5. The van der Waals surface area contributed by atoms with Crippen molar-refractivity contribution in [3.63, 3.8) is 0 Å². The van der Waals surface area contributed by atoms with Gasteiger partial charge in [-0.05, 0) is 59.7 Å². The first-order chi connectivity index (χ1) is 30.9. The smallest absolute Gasteiger partial charge is 0.163 e. The van der Waals surface area contributed by atoms with E-state index in [0.29, 0.717) is 36.6 Å². The molecule has 3 N–H and O–H groups in total. The zero-order chi connectivity index (χ0) is 46.7. The first-order valence-electron chi connectivity index (χ1n) is 20.3. The van der Waals surface area contributed by atoms with Gasteiger partial charge in [-0.2, -0.15) is 0 Å². The Kier molecular flexibility index (Phi) is 13.4. The van der Waals surface area contributed by atoms with E-state index in [2.05, 4.69) is 57.1 Å².